The molecule has 1 fully saturated rings. The van der Waals surface area contributed by atoms with E-state index in [1.807, 2.05) is 0 Å². The van der Waals surface area contributed by atoms with E-state index in [9.17, 15) is 8.42 Å². The van der Waals surface area contributed by atoms with Gasteiger partial charge in [-0.15, -0.1) is 0 Å². The maximum atomic E-state index is 12.6. The molecule has 5 heteroatoms. The van der Waals surface area contributed by atoms with Crippen molar-refractivity contribution in [2.75, 3.05) is 12.8 Å². The minimum atomic E-state index is -3.14. The second kappa shape index (κ2) is 6.04. The van der Waals surface area contributed by atoms with Gasteiger partial charge in [0.05, 0.1) is 18.1 Å². The minimum Gasteiger partial charge on any atom is -0.496 e. The van der Waals surface area contributed by atoms with Crippen molar-refractivity contribution >= 4 is 15.5 Å². The molecule has 1 aromatic rings. The van der Waals surface area contributed by atoms with E-state index >= 15 is 0 Å². The van der Waals surface area contributed by atoms with Crippen molar-refractivity contribution in [1.29, 1.82) is 0 Å². The predicted octanol–water partition coefficient (Wildman–Crippen LogP) is 2.77. The quantitative estimate of drug-likeness (QED) is 0.868. The molecular weight excluding hydrogens is 274 g/mol. The van der Waals surface area contributed by atoms with Crippen molar-refractivity contribution in [3.63, 3.8) is 0 Å². The largest absolute Gasteiger partial charge is 0.496 e. The van der Waals surface area contributed by atoms with Gasteiger partial charge in [0.15, 0.2) is 9.84 Å². The average molecular weight is 297 g/mol. The van der Waals surface area contributed by atoms with Crippen LogP contribution in [0.5, 0.6) is 5.75 Å². The fraction of sp³-hybridized carbons (Fsp3) is 0.600. The third-order valence-corrected chi connectivity index (χ3v) is 6.22. The fourth-order valence-corrected chi connectivity index (χ4v) is 4.97. The van der Waals surface area contributed by atoms with Gasteiger partial charge in [0.25, 0.3) is 0 Å². The Hall–Kier alpha value is -1.23. The van der Waals surface area contributed by atoms with E-state index in [1.54, 1.807) is 18.2 Å². The average Bonchev–Trinajstić information content (AvgIpc) is 2.40. The van der Waals surface area contributed by atoms with E-state index in [0.29, 0.717) is 22.9 Å². The molecule has 1 aromatic carbocycles. The molecule has 2 unspecified atom stereocenters. The zero-order chi connectivity index (χ0) is 14.8. The summed E-state index contributed by atoms with van der Waals surface area (Å²) in [6, 6.07) is 5.14. The van der Waals surface area contributed by atoms with Crippen molar-refractivity contribution in [3.05, 3.63) is 23.8 Å². The third-order valence-electron chi connectivity index (χ3n) is 4.06. The molecule has 2 rings (SSSR count). The van der Waals surface area contributed by atoms with Crippen LogP contribution in [0.2, 0.25) is 0 Å². The van der Waals surface area contributed by atoms with Gasteiger partial charge >= 0.3 is 0 Å². The standard InChI is InChI=1S/C15H23NO3S/c1-11-4-3-5-14(8-11)20(17,18)10-12-6-7-13(16)9-15(12)19-2/h6-7,9,11,14H,3-5,8,10,16H2,1-2H3. The molecule has 1 saturated carbocycles. The van der Waals surface area contributed by atoms with Crippen LogP contribution in [0.4, 0.5) is 5.69 Å². The Labute approximate surface area is 121 Å². The summed E-state index contributed by atoms with van der Waals surface area (Å²) in [5, 5.41) is -0.214. The number of benzene rings is 1. The minimum absolute atomic E-state index is 0.0356. The summed E-state index contributed by atoms with van der Waals surface area (Å²) in [7, 11) is -1.60. The lowest BCUT2D eigenvalue weighted by Gasteiger charge is -2.26. The molecular formula is C15H23NO3S. The Balaban J connectivity index is 2.19. The molecule has 0 spiro atoms. The van der Waals surface area contributed by atoms with Crippen LogP contribution in [0.25, 0.3) is 0 Å². The highest BCUT2D eigenvalue weighted by atomic mass is 32.2. The first kappa shape index (κ1) is 15.2. The van der Waals surface area contributed by atoms with Crippen LogP contribution in [-0.2, 0) is 15.6 Å². The van der Waals surface area contributed by atoms with Gasteiger partial charge in [0, 0.05) is 17.3 Å². The van der Waals surface area contributed by atoms with Crippen molar-refractivity contribution < 1.29 is 13.2 Å². The maximum absolute atomic E-state index is 12.6. The van der Waals surface area contributed by atoms with Crippen LogP contribution < -0.4 is 10.5 Å². The first-order chi connectivity index (χ1) is 9.42. The smallest absolute Gasteiger partial charge is 0.157 e. The van der Waals surface area contributed by atoms with Crippen LogP contribution in [0, 0.1) is 5.92 Å². The predicted molar refractivity (Wildman–Crippen MR) is 81.5 cm³/mol. The molecule has 0 amide bonds. The molecule has 1 aliphatic carbocycles. The van der Waals surface area contributed by atoms with Crippen molar-refractivity contribution in [3.8, 4) is 5.75 Å². The summed E-state index contributed by atoms with van der Waals surface area (Å²) in [6.45, 7) is 2.13. The summed E-state index contributed by atoms with van der Waals surface area (Å²) in [5.74, 6) is 1.09. The molecule has 4 nitrogen and oxygen atoms in total. The summed E-state index contributed by atoms with van der Waals surface area (Å²) in [4.78, 5) is 0. The lowest BCUT2D eigenvalue weighted by Crippen LogP contribution is -2.28. The number of anilines is 1. The van der Waals surface area contributed by atoms with Gasteiger partial charge in [-0.3, -0.25) is 0 Å². The zero-order valence-electron chi connectivity index (χ0n) is 12.1. The molecule has 1 aliphatic rings. The monoisotopic (exact) mass is 297 g/mol. The Bertz CT molecular complexity index is 568. The van der Waals surface area contributed by atoms with E-state index < -0.39 is 9.84 Å². The number of hydrogen-bond acceptors (Lipinski definition) is 4. The molecule has 2 N–H and O–H groups in total. The summed E-state index contributed by atoms with van der Waals surface area (Å²) in [6.07, 6.45) is 3.70. The molecule has 0 bridgehead atoms. The molecule has 2 atom stereocenters. The number of nitrogens with two attached hydrogens (primary N) is 1. The molecule has 20 heavy (non-hydrogen) atoms. The van der Waals surface area contributed by atoms with Gasteiger partial charge in [-0.1, -0.05) is 25.8 Å². The van der Waals surface area contributed by atoms with Gasteiger partial charge in [0.1, 0.15) is 5.75 Å². The van der Waals surface area contributed by atoms with Gasteiger partial charge in [-0.2, -0.15) is 0 Å². The van der Waals surface area contributed by atoms with Crippen LogP contribution >= 0.6 is 0 Å². The Morgan fingerprint density at radius 1 is 1.35 bits per heavy atom. The number of nitrogen functional groups attached to an aromatic ring is 1. The van der Waals surface area contributed by atoms with Gasteiger partial charge in [0.2, 0.25) is 0 Å². The molecule has 0 radical (unpaired) electrons. The molecule has 0 heterocycles. The number of hydrogen-bond donors (Lipinski definition) is 1. The highest BCUT2D eigenvalue weighted by Crippen LogP contribution is 2.32. The number of ether oxygens (including phenoxy) is 1. The first-order valence-electron chi connectivity index (χ1n) is 7.06. The van der Waals surface area contributed by atoms with E-state index in [4.69, 9.17) is 10.5 Å². The highest BCUT2D eigenvalue weighted by molar-refractivity contribution is 7.91. The summed E-state index contributed by atoms with van der Waals surface area (Å²) in [5.41, 5.74) is 6.97. The number of sulfone groups is 1. The van der Waals surface area contributed by atoms with Crippen molar-refractivity contribution in [2.45, 2.75) is 43.6 Å². The fourth-order valence-electron chi connectivity index (χ4n) is 2.92. The molecule has 0 aliphatic heterocycles. The Morgan fingerprint density at radius 2 is 2.10 bits per heavy atom. The van der Waals surface area contributed by atoms with Crippen LogP contribution in [0.15, 0.2) is 18.2 Å². The lowest BCUT2D eigenvalue weighted by molar-refractivity contribution is 0.381. The Kier molecular flexibility index (Phi) is 4.58. The van der Waals surface area contributed by atoms with Crippen LogP contribution in [-0.4, -0.2) is 20.8 Å². The highest BCUT2D eigenvalue weighted by Gasteiger charge is 2.30. The second-order valence-corrected chi connectivity index (χ2v) is 8.05. The SMILES string of the molecule is COc1cc(N)ccc1CS(=O)(=O)C1CCCC(C)C1. The van der Waals surface area contributed by atoms with Crippen molar-refractivity contribution in [1.82, 2.24) is 0 Å². The lowest BCUT2D eigenvalue weighted by atomic mass is 9.91. The van der Waals surface area contributed by atoms with Gasteiger partial charge in [-0.05, 0) is 24.8 Å². The molecule has 112 valence electrons. The van der Waals surface area contributed by atoms with E-state index in [0.717, 1.165) is 25.7 Å². The van der Waals surface area contributed by atoms with Gasteiger partial charge in [-0.25, -0.2) is 8.42 Å². The second-order valence-electron chi connectivity index (χ2n) is 5.77. The number of rotatable bonds is 4. The van der Waals surface area contributed by atoms with E-state index in [2.05, 4.69) is 6.92 Å². The first-order valence-corrected chi connectivity index (χ1v) is 8.78. The summed E-state index contributed by atoms with van der Waals surface area (Å²) >= 11 is 0. The maximum Gasteiger partial charge on any atom is 0.157 e. The van der Waals surface area contributed by atoms with E-state index in [-0.39, 0.29) is 11.0 Å². The van der Waals surface area contributed by atoms with E-state index in [1.165, 1.54) is 7.11 Å². The van der Waals surface area contributed by atoms with Gasteiger partial charge < -0.3 is 10.5 Å². The topological polar surface area (TPSA) is 69.4 Å². The van der Waals surface area contributed by atoms with Crippen molar-refractivity contribution in [2.24, 2.45) is 5.92 Å². The van der Waals surface area contributed by atoms with Crippen LogP contribution in [0.3, 0.4) is 0 Å². The molecule has 0 aromatic heterocycles. The third kappa shape index (κ3) is 3.45. The molecule has 0 saturated heterocycles. The van der Waals surface area contributed by atoms with Crippen LogP contribution in [0.1, 0.15) is 38.2 Å². The normalized spacial score (nSPS) is 23.5. The summed E-state index contributed by atoms with van der Waals surface area (Å²) < 4.78 is 30.4. The zero-order valence-corrected chi connectivity index (χ0v) is 12.9. The Morgan fingerprint density at radius 3 is 2.75 bits per heavy atom. The number of methoxy groups -OCH3 is 1.